The van der Waals surface area contributed by atoms with Crippen LogP contribution in [0.25, 0.3) is 0 Å². The Morgan fingerprint density at radius 1 is 0.929 bits per heavy atom. The first-order valence-electron chi connectivity index (χ1n) is 10.2. The molecule has 7 nitrogen and oxygen atoms in total. The molecule has 0 N–H and O–H groups in total. The lowest BCUT2D eigenvalue weighted by atomic mass is 9.95. The first-order valence-corrected chi connectivity index (χ1v) is 11.6. The summed E-state index contributed by atoms with van der Waals surface area (Å²) in [6, 6.07) is 7.81. The van der Waals surface area contributed by atoms with E-state index in [0.29, 0.717) is 45.2 Å². The molecule has 1 aromatic carbocycles. The SMILES string of the molecule is O=C(C1CCCCN1S(=O)(=O)c1ccccc1)N1CCC(C2OCCO2)CC1. The largest absolute Gasteiger partial charge is 0.350 e. The monoisotopic (exact) mass is 408 g/mol. The predicted octanol–water partition coefficient (Wildman–Crippen LogP) is 1.84. The summed E-state index contributed by atoms with van der Waals surface area (Å²) in [7, 11) is -3.67. The number of hydrogen-bond donors (Lipinski definition) is 0. The van der Waals surface area contributed by atoms with Crippen LogP contribution in [-0.2, 0) is 24.3 Å². The lowest BCUT2D eigenvalue weighted by molar-refractivity contribution is -0.141. The molecule has 1 unspecified atom stereocenters. The molecule has 0 aromatic heterocycles. The summed E-state index contributed by atoms with van der Waals surface area (Å²) >= 11 is 0. The molecule has 28 heavy (non-hydrogen) atoms. The van der Waals surface area contributed by atoms with Crippen molar-refractivity contribution in [1.82, 2.24) is 9.21 Å². The molecule has 0 saturated carbocycles. The number of carbonyl (C=O) groups excluding carboxylic acids is 1. The molecule has 1 amide bonds. The van der Waals surface area contributed by atoms with Crippen LogP contribution in [0.2, 0.25) is 0 Å². The summed E-state index contributed by atoms with van der Waals surface area (Å²) in [5, 5.41) is 0. The lowest BCUT2D eigenvalue weighted by Gasteiger charge is -2.39. The topological polar surface area (TPSA) is 76.2 Å². The summed E-state index contributed by atoms with van der Waals surface area (Å²) in [5.74, 6) is 0.243. The zero-order chi connectivity index (χ0) is 19.6. The molecule has 4 rings (SSSR count). The van der Waals surface area contributed by atoms with E-state index in [1.54, 1.807) is 30.3 Å². The molecule has 3 heterocycles. The van der Waals surface area contributed by atoms with Crippen molar-refractivity contribution in [2.24, 2.45) is 5.92 Å². The minimum Gasteiger partial charge on any atom is -0.350 e. The number of sulfonamides is 1. The average Bonchev–Trinajstić information content (AvgIpc) is 3.29. The normalized spacial score (nSPS) is 25.9. The molecule has 0 spiro atoms. The number of carbonyl (C=O) groups is 1. The van der Waals surface area contributed by atoms with E-state index in [4.69, 9.17) is 9.47 Å². The minimum absolute atomic E-state index is 0.0640. The van der Waals surface area contributed by atoms with Crippen molar-refractivity contribution >= 4 is 15.9 Å². The van der Waals surface area contributed by atoms with Gasteiger partial charge in [0.25, 0.3) is 0 Å². The van der Waals surface area contributed by atoms with E-state index in [9.17, 15) is 13.2 Å². The molecule has 0 radical (unpaired) electrons. The van der Waals surface area contributed by atoms with Crippen LogP contribution in [-0.4, -0.2) is 68.7 Å². The number of rotatable bonds is 4. The number of amides is 1. The zero-order valence-corrected chi connectivity index (χ0v) is 16.9. The number of ether oxygens (including phenoxy) is 2. The van der Waals surface area contributed by atoms with Gasteiger partial charge < -0.3 is 14.4 Å². The Kier molecular flexibility index (Phi) is 6.01. The molecule has 3 fully saturated rings. The van der Waals surface area contributed by atoms with Crippen LogP contribution >= 0.6 is 0 Å². The second-order valence-corrected chi connectivity index (χ2v) is 9.60. The van der Waals surface area contributed by atoms with Gasteiger partial charge in [0.2, 0.25) is 15.9 Å². The lowest BCUT2D eigenvalue weighted by Crippen LogP contribution is -2.54. The third-order valence-corrected chi connectivity index (χ3v) is 7.89. The first kappa shape index (κ1) is 19.8. The van der Waals surface area contributed by atoms with Gasteiger partial charge in [-0.05, 0) is 37.8 Å². The maximum atomic E-state index is 13.2. The van der Waals surface area contributed by atoms with Gasteiger partial charge in [-0.1, -0.05) is 24.6 Å². The van der Waals surface area contributed by atoms with Crippen LogP contribution in [0.1, 0.15) is 32.1 Å². The third kappa shape index (κ3) is 3.96. The van der Waals surface area contributed by atoms with E-state index < -0.39 is 16.1 Å². The van der Waals surface area contributed by atoms with Crippen molar-refractivity contribution in [3.63, 3.8) is 0 Å². The molecular formula is C20H28N2O5S. The van der Waals surface area contributed by atoms with Crippen molar-refractivity contribution in [1.29, 1.82) is 0 Å². The van der Waals surface area contributed by atoms with Gasteiger partial charge in [0, 0.05) is 25.6 Å². The molecule has 0 bridgehead atoms. The van der Waals surface area contributed by atoms with Crippen molar-refractivity contribution in [2.45, 2.75) is 49.3 Å². The van der Waals surface area contributed by atoms with E-state index in [1.807, 2.05) is 4.90 Å². The van der Waals surface area contributed by atoms with Gasteiger partial charge >= 0.3 is 0 Å². The molecule has 8 heteroatoms. The maximum absolute atomic E-state index is 13.2. The first-order chi connectivity index (χ1) is 13.6. The van der Waals surface area contributed by atoms with Gasteiger partial charge in [-0.2, -0.15) is 4.31 Å². The van der Waals surface area contributed by atoms with Crippen LogP contribution < -0.4 is 0 Å². The van der Waals surface area contributed by atoms with E-state index in [0.717, 1.165) is 25.7 Å². The highest BCUT2D eigenvalue weighted by molar-refractivity contribution is 7.89. The number of piperidine rings is 2. The van der Waals surface area contributed by atoms with Gasteiger partial charge in [0.05, 0.1) is 18.1 Å². The van der Waals surface area contributed by atoms with Crippen molar-refractivity contribution < 1.29 is 22.7 Å². The summed E-state index contributed by atoms with van der Waals surface area (Å²) in [5.41, 5.74) is 0. The average molecular weight is 409 g/mol. The fourth-order valence-corrected chi connectivity index (χ4v) is 6.09. The molecule has 3 aliphatic heterocycles. The molecule has 0 aliphatic carbocycles. The summed E-state index contributed by atoms with van der Waals surface area (Å²) < 4.78 is 38.9. The maximum Gasteiger partial charge on any atom is 0.243 e. The van der Waals surface area contributed by atoms with Crippen LogP contribution in [0.4, 0.5) is 0 Å². The Balaban J connectivity index is 1.45. The Bertz CT molecular complexity index is 771. The van der Waals surface area contributed by atoms with Gasteiger partial charge in [0.1, 0.15) is 6.04 Å². The quantitative estimate of drug-likeness (QED) is 0.760. The molecule has 1 atom stereocenters. The van der Waals surface area contributed by atoms with E-state index in [1.165, 1.54) is 4.31 Å². The third-order valence-electron chi connectivity index (χ3n) is 5.97. The smallest absolute Gasteiger partial charge is 0.243 e. The van der Waals surface area contributed by atoms with Gasteiger partial charge in [0.15, 0.2) is 6.29 Å². The highest BCUT2D eigenvalue weighted by atomic mass is 32.2. The highest BCUT2D eigenvalue weighted by Gasteiger charge is 2.41. The van der Waals surface area contributed by atoms with Crippen molar-refractivity contribution in [3.05, 3.63) is 30.3 Å². The predicted molar refractivity (Wildman–Crippen MR) is 103 cm³/mol. The number of benzene rings is 1. The van der Waals surface area contributed by atoms with E-state index >= 15 is 0 Å². The van der Waals surface area contributed by atoms with Crippen LogP contribution in [0.3, 0.4) is 0 Å². The number of likely N-dealkylation sites (tertiary alicyclic amines) is 1. The Morgan fingerprint density at radius 2 is 1.61 bits per heavy atom. The Hall–Kier alpha value is -1.48. The second kappa shape index (κ2) is 8.49. The van der Waals surface area contributed by atoms with E-state index in [2.05, 4.69) is 0 Å². The van der Waals surface area contributed by atoms with Crippen molar-refractivity contribution in [2.75, 3.05) is 32.8 Å². The van der Waals surface area contributed by atoms with Gasteiger partial charge in [-0.15, -0.1) is 0 Å². The molecule has 3 aliphatic rings. The minimum atomic E-state index is -3.67. The van der Waals surface area contributed by atoms with Gasteiger partial charge in [-0.25, -0.2) is 8.42 Å². The standard InChI is InChI=1S/C20H28N2O5S/c23-19(21-12-9-16(10-13-21)20-26-14-15-27-20)18-8-4-5-11-22(18)28(24,25)17-6-2-1-3-7-17/h1-3,6-7,16,18,20H,4-5,8-15H2. The molecule has 1 aromatic rings. The van der Waals surface area contributed by atoms with Gasteiger partial charge in [-0.3, -0.25) is 4.79 Å². The number of nitrogens with zero attached hydrogens (tertiary/aromatic N) is 2. The fraction of sp³-hybridized carbons (Fsp3) is 0.650. The molecular weight excluding hydrogens is 380 g/mol. The Labute approximate surface area is 166 Å². The molecule has 154 valence electrons. The highest BCUT2D eigenvalue weighted by Crippen LogP contribution is 2.30. The summed E-state index contributed by atoms with van der Waals surface area (Å²) in [4.78, 5) is 15.3. The van der Waals surface area contributed by atoms with E-state index in [-0.39, 0.29) is 17.1 Å². The fourth-order valence-electron chi connectivity index (χ4n) is 4.42. The second-order valence-electron chi connectivity index (χ2n) is 7.71. The number of hydrogen-bond acceptors (Lipinski definition) is 5. The summed E-state index contributed by atoms with van der Waals surface area (Å²) in [6.45, 7) is 2.93. The van der Waals surface area contributed by atoms with Crippen LogP contribution in [0.5, 0.6) is 0 Å². The van der Waals surface area contributed by atoms with Crippen molar-refractivity contribution in [3.8, 4) is 0 Å². The van der Waals surface area contributed by atoms with Crippen LogP contribution in [0.15, 0.2) is 35.2 Å². The molecule has 3 saturated heterocycles. The van der Waals surface area contributed by atoms with Crippen LogP contribution in [0, 0.1) is 5.92 Å². The summed E-state index contributed by atoms with van der Waals surface area (Å²) in [6.07, 6.45) is 3.75. The zero-order valence-electron chi connectivity index (χ0n) is 16.0. The Morgan fingerprint density at radius 3 is 2.29 bits per heavy atom.